The highest BCUT2D eigenvalue weighted by atomic mass is 19.1. The second kappa shape index (κ2) is 6.77. The van der Waals surface area contributed by atoms with Gasteiger partial charge in [-0.15, -0.1) is 0 Å². The molecule has 0 radical (unpaired) electrons. The quantitative estimate of drug-likeness (QED) is 0.717. The average molecular weight is 320 g/mol. The summed E-state index contributed by atoms with van der Waals surface area (Å²) in [5.41, 5.74) is -1.13. The number of hydrogen-bond acceptors (Lipinski definition) is 2. The Morgan fingerprint density at radius 3 is 1.54 bits per heavy atom. The molecule has 0 aliphatic heterocycles. The summed E-state index contributed by atoms with van der Waals surface area (Å²) >= 11 is 0. The molecular formula is C21H17FO2. The largest absolute Gasteiger partial charge is 0.377 e. The van der Waals surface area contributed by atoms with E-state index in [1.54, 1.807) is 91.0 Å². The molecule has 0 bridgehead atoms. The summed E-state index contributed by atoms with van der Waals surface area (Å²) in [6.45, 7) is 0. The summed E-state index contributed by atoms with van der Waals surface area (Å²) in [5.74, 6) is -0.745. The van der Waals surface area contributed by atoms with Crippen molar-refractivity contribution in [3.63, 3.8) is 0 Å². The Morgan fingerprint density at radius 2 is 1.12 bits per heavy atom. The fourth-order valence-electron chi connectivity index (χ4n) is 2.78. The van der Waals surface area contributed by atoms with E-state index in [9.17, 15) is 9.90 Å². The van der Waals surface area contributed by atoms with Crippen molar-refractivity contribution in [2.75, 3.05) is 0 Å². The van der Waals surface area contributed by atoms with Crippen LogP contribution in [0.3, 0.4) is 0 Å². The van der Waals surface area contributed by atoms with Gasteiger partial charge in [0.05, 0.1) is 0 Å². The number of hydrogen-bond donors (Lipinski definition) is 1. The summed E-state index contributed by atoms with van der Waals surface area (Å²) in [4.78, 5) is 12.6. The maximum absolute atomic E-state index is 15.3. The summed E-state index contributed by atoms with van der Waals surface area (Å²) in [6, 6.07) is 25.1. The summed E-state index contributed by atoms with van der Waals surface area (Å²) < 4.78 is 15.3. The first-order valence-electron chi connectivity index (χ1n) is 7.71. The monoisotopic (exact) mass is 320 g/mol. The van der Waals surface area contributed by atoms with Gasteiger partial charge >= 0.3 is 0 Å². The van der Waals surface area contributed by atoms with Gasteiger partial charge < -0.3 is 5.11 Å². The van der Waals surface area contributed by atoms with Crippen LogP contribution in [0.2, 0.25) is 0 Å². The highest BCUT2D eigenvalue weighted by Crippen LogP contribution is 2.36. The van der Waals surface area contributed by atoms with Gasteiger partial charge in [-0.1, -0.05) is 91.0 Å². The fourth-order valence-corrected chi connectivity index (χ4v) is 2.78. The van der Waals surface area contributed by atoms with E-state index in [1.807, 2.05) is 0 Å². The third-order valence-corrected chi connectivity index (χ3v) is 4.08. The Bertz CT molecular complexity index is 762. The van der Waals surface area contributed by atoms with E-state index in [2.05, 4.69) is 0 Å². The van der Waals surface area contributed by atoms with Crippen molar-refractivity contribution in [3.05, 3.63) is 108 Å². The van der Waals surface area contributed by atoms with Crippen LogP contribution < -0.4 is 0 Å². The van der Waals surface area contributed by atoms with E-state index in [1.165, 1.54) is 0 Å². The van der Waals surface area contributed by atoms with E-state index < -0.39 is 17.6 Å². The van der Waals surface area contributed by atoms with Crippen LogP contribution in [0.25, 0.3) is 0 Å². The number of carbonyl (C=O) groups is 1. The zero-order chi connectivity index (χ0) is 17.0. The fraction of sp³-hybridized carbons (Fsp3) is 0.0952. The SMILES string of the molecule is O=C(c1ccccc1)C(F)C(O)(c1ccccc1)c1ccccc1. The van der Waals surface area contributed by atoms with Gasteiger partial charge in [0.1, 0.15) is 0 Å². The van der Waals surface area contributed by atoms with Crippen LogP contribution in [0.5, 0.6) is 0 Å². The third-order valence-electron chi connectivity index (χ3n) is 4.08. The second-order valence-corrected chi connectivity index (χ2v) is 5.59. The molecule has 3 rings (SSSR count). The topological polar surface area (TPSA) is 37.3 Å². The number of halogens is 1. The van der Waals surface area contributed by atoms with E-state index in [-0.39, 0.29) is 5.56 Å². The van der Waals surface area contributed by atoms with Gasteiger partial charge in [0.25, 0.3) is 0 Å². The number of rotatable bonds is 5. The predicted octanol–water partition coefficient (Wildman–Crippen LogP) is 4.14. The van der Waals surface area contributed by atoms with Gasteiger partial charge in [-0.2, -0.15) is 0 Å². The minimum Gasteiger partial charge on any atom is -0.377 e. The zero-order valence-corrected chi connectivity index (χ0v) is 13.0. The third kappa shape index (κ3) is 2.86. The van der Waals surface area contributed by atoms with Crippen LogP contribution >= 0.6 is 0 Å². The maximum atomic E-state index is 15.3. The smallest absolute Gasteiger partial charge is 0.200 e. The first-order valence-corrected chi connectivity index (χ1v) is 7.71. The molecule has 0 aliphatic carbocycles. The molecule has 1 atom stereocenters. The number of alkyl halides is 1. The number of Topliss-reactive ketones (excluding diaryl/α,β-unsaturated/α-hetero) is 1. The summed E-state index contributed by atoms with van der Waals surface area (Å²) in [6.07, 6.45) is -2.12. The van der Waals surface area contributed by atoms with Gasteiger partial charge in [-0.05, 0) is 11.1 Å². The van der Waals surface area contributed by atoms with Crippen molar-refractivity contribution in [2.24, 2.45) is 0 Å². The second-order valence-electron chi connectivity index (χ2n) is 5.59. The van der Waals surface area contributed by atoms with Gasteiger partial charge in [0.2, 0.25) is 5.78 Å². The van der Waals surface area contributed by atoms with E-state index in [0.29, 0.717) is 11.1 Å². The molecule has 0 saturated heterocycles. The van der Waals surface area contributed by atoms with Crippen LogP contribution in [-0.4, -0.2) is 17.1 Å². The standard InChI is InChI=1S/C21H17FO2/c22-20(19(23)16-10-4-1-5-11-16)21(24,17-12-6-2-7-13-17)18-14-8-3-9-15-18/h1-15,20,24H. The molecule has 3 aromatic carbocycles. The van der Waals surface area contributed by atoms with Crippen molar-refractivity contribution < 1.29 is 14.3 Å². The Balaban J connectivity index is 2.10. The molecule has 1 unspecified atom stereocenters. The Kier molecular flexibility index (Phi) is 4.54. The molecule has 0 spiro atoms. The number of aliphatic hydroxyl groups is 1. The lowest BCUT2D eigenvalue weighted by Crippen LogP contribution is -2.43. The number of benzene rings is 3. The Labute approximate surface area is 140 Å². The van der Waals surface area contributed by atoms with Crippen LogP contribution in [0, 0.1) is 0 Å². The normalized spacial score (nSPS) is 12.6. The average Bonchev–Trinajstić information content (AvgIpc) is 2.68. The minimum atomic E-state index is -2.12. The van der Waals surface area contributed by atoms with Crippen LogP contribution in [-0.2, 0) is 5.60 Å². The summed E-state index contributed by atoms with van der Waals surface area (Å²) in [7, 11) is 0. The lowest BCUT2D eigenvalue weighted by molar-refractivity contribution is 0.00253. The number of ketones is 1. The Hall–Kier alpha value is -2.78. The highest BCUT2D eigenvalue weighted by Gasteiger charge is 2.45. The molecule has 120 valence electrons. The zero-order valence-electron chi connectivity index (χ0n) is 13.0. The molecule has 0 aromatic heterocycles. The predicted molar refractivity (Wildman–Crippen MR) is 91.6 cm³/mol. The maximum Gasteiger partial charge on any atom is 0.200 e. The minimum absolute atomic E-state index is 0.232. The first kappa shape index (κ1) is 16.1. The molecular weight excluding hydrogens is 303 g/mol. The highest BCUT2D eigenvalue weighted by molar-refractivity contribution is 6.00. The molecule has 0 heterocycles. The van der Waals surface area contributed by atoms with Crippen molar-refractivity contribution in [3.8, 4) is 0 Å². The Morgan fingerprint density at radius 1 is 0.750 bits per heavy atom. The molecule has 24 heavy (non-hydrogen) atoms. The molecule has 3 aromatic rings. The van der Waals surface area contributed by atoms with E-state index in [0.717, 1.165) is 0 Å². The van der Waals surface area contributed by atoms with Crippen molar-refractivity contribution in [1.82, 2.24) is 0 Å². The van der Waals surface area contributed by atoms with E-state index in [4.69, 9.17) is 0 Å². The molecule has 1 N–H and O–H groups in total. The van der Waals surface area contributed by atoms with Crippen LogP contribution in [0.4, 0.5) is 4.39 Å². The summed E-state index contributed by atoms with van der Waals surface area (Å²) in [5, 5.41) is 11.3. The molecule has 3 heteroatoms. The van der Waals surface area contributed by atoms with Gasteiger partial charge in [-0.3, -0.25) is 4.79 Å². The van der Waals surface area contributed by atoms with Gasteiger partial charge in [-0.25, -0.2) is 4.39 Å². The molecule has 0 saturated carbocycles. The van der Waals surface area contributed by atoms with E-state index >= 15 is 4.39 Å². The van der Waals surface area contributed by atoms with Crippen molar-refractivity contribution in [1.29, 1.82) is 0 Å². The lowest BCUT2D eigenvalue weighted by atomic mass is 9.80. The molecule has 2 nitrogen and oxygen atoms in total. The van der Waals surface area contributed by atoms with Crippen molar-refractivity contribution >= 4 is 5.78 Å². The van der Waals surface area contributed by atoms with Gasteiger partial charge in [0, 0.05) is 5.56 Å². The molecule has 0 amide bonds. The number of carbonyl (C=O) groups excluding carboxylic acids is 1. The van der Waals surface area contributed by atoms with Gasteiger partial charge in [0.15, 0.2) is 11.8 Å². The van der Waals surface area contributed by atoms with Crippen LogP contribution in [0.15, 0.2) is 91.0 Å². The lowest BCUT2D eigenvalue weighted by Gasteiger charge is -2.32. The molecule has 0 fully saturated rings. The first-order chi connectivity index (χ1) is 11.6. The van der Waals surface area contributed by atoms with Crippen molar-refractivity contribution in [2.45, 2.75) is 11.8 Å². The molecule has 0 aliphatic rings. The van der Waals surface area contributed by atoms with Crippen LogP contribution in [0.1, 0.15) is 21.5 Å².